The third-order valence-electron chi connectivity index (χ3n) is 5.31. The Labute approximate surface area is 160 Å². The van der Waals surface area contributed by atoms with E-state index in [2.05, 4.69) is 16.0 Å². The molecule has 0 spiro atoms. The maximum atomic E-state index is 13.0. The summed E-state index contributed by atoms with van der Waals surface area (Å²) in [6.07, 6.45) is 1.80. The van der Waals surface area contributed by atoms with Gasteiger partial charge in [0, 0.05) is 37.8 Å². The van der Waals surface area contributed by atoms with Gasteiger partial charge in [0.1, 0.15) is 0 Å². The standard InChI is InChI=1S/C21H23N3O2S/c1-16-8-9-19(15-17(16)2)27(25,26)24-13-11-23(12-14-24)20-7-3-5-18-6-4-10-22-21(18)20/h3-10,15H,11-14H2,1-2H3. The van der Waals surface area contributed by atoms with Crippen molar-refractivity contribution in [1.82, 2.24) is 9.29 Å². The number of sulfonamides is 1. The van der Waals surface area contributed by atoms with Crippen LogP contribution in [0.15, 0.2) is 59.6 Å². The third kappa shape index (κ3) is 3.31. The molecule has 6 heteroatoms. The predicted octanol–water partition coefficient (Wildman–Crippen LogP) is 3.36. The Morgan fingerprint density at radius 1 is 0.889 bits per heavy atom. The number of pyridine rings is 1. The van der Waals surface area contributed by atoms with Crippen molar-refractivity contribution in [1.29, 1.82) is 0 Å². The lowest BCUT2D eigenvalue weighted by Crippen LogP contribution is -2.48. The van der Waals surface area contributed by atoms with Gasteiger partial charge in [-0.15, -0.1) is 0 Å². The van der Waals surface area contributed by atoms with E-state index in [0.717, 1.165) is 27.7 Å². The molecule has 0 unspecified atom stereocenters. The Hall–Kier alpha value is -2.44. The van der Waals surface area contributed by atoms with Crippen LogP contribution in [0.25, 0.3) is 10.9 Å². The van der Waals surface area contributed by atoms with Gasteiger partial charge in [-0.25, -0.2) is 8.42 Å². The Balaban J connectivity index is 1.55. The monoisotopic (exact) mass is 381 g/mol. The summed E-state index contributed by atoms with van der Waals surface area (Å²) in [6, 6.07) is 15.5. The van der Waals surface area contributed by atoms with Crippen LogP contribution in [0.4, 0.5) is 5.69 Å². The van der Waals surface area contributed by atoms with E-state index < -0.39 is 10.0 Å². The Morgan fingerprint density at radius 3 is 2.37 bits per heavy atom. The van der Waals surface area contributed by atoms with Crippen LogP contribution in [0.1, 0.15) is 11.1 Å². The van der Waals surface area contributed by atoms with Gasteiger partial charge in [0.05, 0.1) is 16.1 Å². The van der Waals surface area contributed by atoms with E-state index in [-0.39, 0.29) is 0 Å². The second-order valence-electron chi connectivity index (χ2n) is 6.99. The molecule has 3 aromatic rings. The van der Waals surface area contributed by atoms with E-state index in [1.54, 1.807) is 22.6 Å². The predicted molar refractivity (Wildman–Crippen MR) is 109 cm³/mol. The molecule has 0 amide bonds. The molecule has 1 saturated heterocycles. The topological polar surface area (TPSA) is 53.5 Å². The zero-order valence-electron chi connectivity index (χ0n) is 15.6. The first-order chi connectivity index (χ1) is 13.0. The lowest BCUT2D eigenvalue weighted by atomic mass is 10.1. The highest BCUT2D eigenvalue weighted by Gasteiger charge is 2.29. The molecule has 0 bridgehead atoms. The molecule has 0 atom stereocenters. The highest BCUT2D eigenvalue weighted by Crippen LogP contribution is 2.27. The third-order valence-corrected chi connectivity index (χ3v) is 7.20. The van der Waals surface area contributed by atoms with Gasteiger partial charge in [0.2, 0.25) is 10.0 Å². The second kappa shape index (κ2) is 6.94. The number of aryl methyl sites for hydroxylation is 2. The number of nitrogens with zero attached hydrogens (tertiary/aromatic N) is 3. The quantitative estimate of drug-likeness (QED) is 0.698. The smallest absolute Gasteiger partial charge is 0.243 e. The molecule has 1 aliphatic rings. The molecule has 2 heterocycles. The number of para-hydroxylation sites is 1. The SMILES string of the molecule is Cc1ccc(S(=O)(=O)N2CCN(c3cccc4cccnc34)CC2)cc1C. The minimum atomic E-state index is -3.46. The minimum absolute atomic E-state index is 0.380. The zero-order valence-corrected chi connectivity index (χ0v) is 16.4. The zero-order chi connectivity index (χ0) is 19.0. The molecule has 5 nitrogen and oxygen atoms in total. The van der Waals surface area contributed by atoms with Gasteiger partial charge in [0.15, 0.2) is 0 Å². The Kier molecular flexibility index (Phi) is 4.61. The Bertz CT molecular complexity index is 1080. The van der Waals surface area contributed by atoms with Crippen molar-refractivity contribution < 1.29 is 8.42 Å². The molecule has 0 radical (unpaired) electrons. The van der Waals surface area contributed by atoms with Crippen LogP contribution in [-0.2, 0) is 10.0 Å². The minimum Gasteiger partial charge on any atom is -0.367 e. The highest BCUT2D eigenvalue weighted by molar-refractivity contribution is 7.89. The van der Waals surface area contributed by atoms with Crippen molar-refractivity contribution in [2.24, 2.45) is 0 Å². The van der Waals surface area contributed by atoms with Gasteiger partial charge in [-0.2, -0.15) is 4.31 Å². The van der Waals surface area contributed by atoms with E-state index >= 15 is 0 Å². The summed E-state index contributed by atoms with van der Waals surface area (Å²) in [5.41, 5.74) is 4.13. The van der Waals surface area contributed by atoms with Crippen LogP contribution in [0.3, 0.4) is 0 Å². The number of anilines is 1. The first kappa shape index (κ1) is 17.9. The van der Waals surface area contributed by atoms with Crippen molar-refractivity contribution in [3.8, 4) is 0 Å². The summed E-state index contributed by atoms with van der Waals surface area (Å²) < 4.78 is 27.6. The van der Waals surface area contributed by atoms with Gasteiger partial charge in [0.25, 0.3) is 0 Å². The summed E-state index contributed by atoms with van der Waals surface area (Å²) in [5, 5.41) is 1.10. The van der Waals surface area contributed by atoms with Gasteiger partial charge in [-0.05, 0) is 49.2 Å². The fourth-order valence-corrected chi connectivity index (χ4v) is 5.04. The fourth-order valence-electron chi connectivity index (χ4n) is 3.54. The van der Waals surface area contributed by atoms with Crippen LogP contribution >= 0.6 is 0 Å². The van der Waals surface area contributed by atoms with Crippen molar-refractivity contribution in [2.45, 2.75) is 18.7 Å². The molecule has 2 aromatic carbocycles. The molecule has 0 aliphatic carbocycles. The van der Waals surface area contributed by atoms with Crippen molar-refractivity contribution in [3.05, 3.63) is 65.9 Å². The first-order valence-corrected chi connectivity index (χ1v) is 10.6. The fraction of sp³-hybridized carbons (Fsp3) is 0.286. The Morgan fingerprint density at radius 2 is 1.63 bits per heavy atom. The van der Waals surface area contributed by atoms with Crippen LogP contribution in [0.2, 0.25) is 0 Å². The average Bonchev–Trinajstić information content (AvgIpc) is 2.69. The summed E-state index contributed by atoms with van der Waals surface area (Å²) in [4.78, 5) is 7.12. The van der Waals surface area contributed by atoms with Gasteiger partial charge >= 0.3 is 0 Å². The van der Waals surface area contributed by atoms with Crippen molar-refractivity contribution in [3.63, 3.8) is 0 Å². The molecule has 27 heavy (non-hydrogen) atoms. The second-order valence-corrected chi connectivity index (χ2v) is 8.93. The van der Waals surface area contributed by atoms with Crippen LogP contribution < -0.4 is 4.90 Å². The number of hydrogen-bond donors (Lipinski definition) is 0. The summed E-state index contributed by atoms with van der Waals surface area (Å²) in [6.45, 7) is 6.18. The van der Waals surface area contributed by atoms with Crippen molar-refractivity contribution >= 4 is 26.6 Å². The molecule has 1 aromatic heterocycles. The van der Waals surface area contributed by atoms with Gasteiger partial charge in [-0.1, -0.05) is 24.3 Å². The van der Waals surface area contributed by atoms with Crippen LogP contribution in [-0.4, -0.2) is 43.9 Å². The molecular formula is C21H23N3O2S. The molecule has 1 fully saturated rings. The van der Waals surface area contributed by atoms with E-state index in [1.807, 2.05) is 44.2 Å². The summed E-state index contributed by atoms with van der Waals surface area (Å²) in [5.74, 6) is 0. The van der Waals surface area contributed by atoms with E-state index in [4.69, 9.17) is 0 Å². The summed E-state index contributed by atoms with van der Waals surface area (Å²) in [7, 11) is -3.46. The molecule has 0 N–H and O–H groups in total. The number of rotatable bonds is 3. The number of piperazine rings is 1. The van der Waals surface area contributed by atoms with Crippen LogP contribution in [0.5, 0.6) is 0 Å². The number of aromatic nitrogens is 1. The van der Waals surface area contributed by atoms with Crippen LogP contribution in [0, 0.1) is 13.8 Å². The highest BCUT2D eigenvalue weighted by atomic mass is 32.2. The largest absolute Gasteiger partial charge is 0.367 e. The van der Waals surface area contributed by atoms with E-state index in [1.165, 1.54) is 0 Å². The number of hydrogen-bond acceptors (Lipinski definition) is 4. The molecule has 0 saturated carbocycles. The first-order valence-electron chi connectivity index (χ1n) is 9.13. The number of fused-ring (bicyclic) bond motifs is 1. The van der Waals surface area contributed by atoms with Gasteiger partial charge in [-0.3, -0.25) is 4.98 Å². The molecule has 4 rings (SSSR count). The lowest BCUT2D eigenvalue weighted by Gasteiger charge is -2.35. The lowest BCUT2D eigenvalue weighted by molar-refractivity contribution is 0.385. The average molecular weight is 382 g/mol. The molecular weight excluding hydrogens is 358 g/mol. The van der Waals surface area contributed by atoms with E-state index in [0.29, 0.717) is 31.1 Å². The van der Waals surface area contributed by atoms with E-state index in [9.17, 15) is 8.42 Å². The number of benzene rings is 2. The maximum absolute atomic E-state index is 13.0. The van der Waals surface area contributed by atoms with Gasteiger partial charge < -0.3 is 4.90 Å². The molecule has 140 valence electrons. The summed E-state index contributed by atoms with van der Waals surface area (Å²) >= 11 is 0. The van der Waals surface area contributed by atoms with Crippen molar-refractivity contribution in [2.75, 3.05) is 31.1 Å². The molecule has 1 aliphatic heterocycles. The normalized spacial score (nSPS) is 16.0. The maximum Gasteiger partial charge on any atom is 0.243 e.